The fourth-order valence-electron chi connectivity index (χ4n) is 1.37. The van der Waals surface area contributed by atoms with Crippen LogP contribution in [-0.4, -0.2) is 21.9 Å². The van der Waals surface area contributed by atoms with E-state index in [0.29, 0.717) is 5.02 Å². The van der Waals surface area contributed by atoms with Crippen LogP contribution < -0.4 is 0 Å². The fourth-order valence-corrected chi connectivity index (χ4v) is 4.33. The first-order valence-corrected chi connectivity index (χ1v) is 9.88. The Kier molecular flexibility index (Phi) is 5.06. The van der Waals surface area contributed by atoms with Crippen molar-refractivity contribution in [3.05, 3.63) is 46.8 Å². The molecule has 0 atom stereocenters. The third kappa shape index (κ3) is 3.89. The number of thiophene rings is 1. The van der Waals surface area contributed by atoms with Gasteiger partial charge in [0, 0.05) is 5.02 Å². The van der Waals surface area contributed by atoms with E-state index in [-0.39, 0.29) is 9.10 Å². The summed E-state index contributed by atoms with van der Waals surface area (Å²) in [7, 11) is -8.59. The molecule has 120 valence electrons. The Morgan fingerprint density at radius 1 is 1.17 bits per heavy atom. The highest BCUT2D eigenvalue weighted by molar-refractivity contribution is 8.08. The number of hydrogen-bond donors (Lipinski definition) is 0. The molecule has 0 spiro atoms. The molecule has 0 fully saturated rings. The number of nitriles is 1. The molecule has 23 heavy (non-hydrogen) atoms. The lowest BCUT2D eigenvalue weighted by molar-refractivity contribution is 0.340. The van der Waals surface area contributed by atoms with Crippen molar-refractivity contribution in [1.82, 2.24) is 0 Å². The van der Waals surface area contributed by atoms with E-state index in [1.165, 1.54) is 35.7 Å². The summed E-state index contributed by atoms with van der Waals surface area (Å²) in [5.41, 5.74) is 0. The minimum Gasteiger partial charge on any atom is -0.263 e. The average molecular weight is 391 g/mol. The van der Waals surface area contributed by atoms with Crippen molar-refractivity contribution in [2.45, 2.75) is 9.10 Å². The number of oxime groups is 1. The monoisotopic (exact) mass is 390 g/mol. The Morgan fingerprint density at radius 2 is 1.83 bits per heavy atom. The van der Waals surface area contributed by atoms with Gasteiger partial charge in [0.15, 0.2) is 0 Å². The zero-order valence-electron chi connectivity index (χ0n) is 11.1. The van der Waals surface area contributed by atoms with Crippen molar-refractivity contribution in [2.75, 3.05) is 0 Å². The number of nitrogens with zero attached hydrogens (tertiary/aromatic N) is 2. The summed E-state index contributed by atoms with van der Waals surface area (Å²) >= 11 is 6.51. The predicted octanol–water partition coefficient (Wildman–Crippen LogP) is 2.42. The van der Waals surface area contributed by atoms with Crippen molar-refractivity contribution in [2.24, 2.45) is 5.16 Å². The van der Waals surface area contributed by atoms with E-state index >= 15 is 0 Å². The van der Waals surface area contributed by atoms with Gasteiger partial charge in [0.25, 0.3) is 5.04 Å². The van der Waals surface area contributed by atoms with E-state index in [0.717, 1.165) is 23.5 Å². The maximum Gasteiger partial charge on any atom is 0.358 e. The lowest BCUT2D eigenvalue weighted by atomic mass is 10.4. The Bertz CT molecular complexity index is 972. The number of halogens is 1. The highest BCUT2D eigenvalue weighted by Crippen LogP contribution is 2.20. The highest BCUT2D eigenvalue weighted by Gasteiger charge is 2.26. The molecular weight excluding hydrogens is 384 g/mol. The summed E-state index contributed by atoms with van der Waals surface area (Å²) < 4.78 is 52.1. The number of hydrogen-bond acceptors (Lipinski definition) is 8. The van der Waals surface area contributed by atoms with Crippen molar-refractivity contribution >= 4 is 47.9 Å². The lowest BCUT2D eigenvalue weighted by Gasteiger charge is -2.02. The maximum atomic E-state index is 12.1. The molecule has 0 saturated heterocycles. The first kappa shape index (κ1) is 17.4. The quantitative estimate of drug-likeness (QED) is 0.450. The fraction of sp³-hybridized carbons (Fsp3) is 0. The van der Waals surface area contributed by atoms with Crippen molar-refractivity contribution in [3.63, 3.8) is 0 Å². The third-order valence-corrected chi connectivity index (χ3v) is 6.75. The van der Waals surface area contributed by atoms with E-state index < -0.39 is 25.0 Å². The first-order valence-electron chi connectivity index (χ1n) is 5.73. The van der Waals surface area contributed by atoms with Crippen LogP contribution in [0.15, 0.2) is 56.0 Å². The minimum atomic E-state index is -4.37. The topological polar surface area (TPSA) is 114 Å². The molecule has 0 saturated carbocycles. The highest BCUT2D eigenvalue weighted by atomic mass is 35.5. The zero-order valence-corrected chi connectivity index (χ0v) is 14.3. The van der Waals surface area contributed by atoms with E-state index in [9.17, 15) is 16.8 Å². The van der Waals surface area contributed by atoms with Gasteiger partial charge in [-0.3, -0.25) is 4.28 Å². The molecule has 11 heteroatoms. The van der Waals surface area contributed by atoms with Gasteiger partial charge in [0.2, 0.25) is 9.84 Å². The summed E-state index contributed by atoms with van der Waals surface area (Å²) in [6, 6.07) is 9.01. The van der Waals surface area contributed by atoms with E-state index in [2.05, 4.69) is 9.44 Å². The lowest BCUT2D eigenvalue weighted by Crippen LogP contribution is -2.14. The van der Waals surface area contributed by atoms with Gasteiger partial charge in [-0.1, -0.05) is 17.7 Å². The van der Waals surface area contributed by atoms with Crippen LogP contribution in [0.3, 0.4) is 0 Å². The van der Waals surface area contributed by atoms with Crippen LogP contribution in [0, 0.1) is 11.3 Å². The molecule has 0 amide bonds. The second kappa shape index (κ2) is 6.67. The van der Waals surface area contributed by atoms with Crippen molar-refractivity contribution in [3.8, 4) is 6.07 Å². The molecule has 1 aromatic carbocycles. The summed E-state index contributed by atoms with van der Waals surface area (Å²) in [6.07, 6.45) is 0. The van der Waals surface area contributed by atoms with Crippen LogP contribution >= 0.6 is 22.9 Å². The molecule has 0 radical (unpaired) electrons. The van der Waals surface area contributed by atoms with Crippen LogP contribution in [0.2, 0.25) is 5.02 Å². The van der Waals surface area contributed by atoms with Gasteiger partial charge in [-0.25, -0.2) is 8.42 Å². The van der Waals surface area contributed by atoms with Crippen molar-refractivity contribution < 1.29 is 21.1 Å². The van der Waals surface area contributed by atoms with E-state index in [4.69, 9.17) is 16.9 Å². The molecule has 0 aliphatic rings. The molecule has 1 aromatic heterocycles. The molecule has 0 unspecified atom stereocenters. The summed E-state index contributed by atoms with van der Waals surface area (Å²) in [5, 5.41) is 12.7. The normalized spacial score (nSPS) is 12.6. The van der Waals surface area contributed by atoms with Crippen LogP contribution in [0.5, 0.6) is 0 Å². The third-order valence-electron chi connectivity index (χ3n) is 2.43. The smallest absolute Gasteiger partial charge is 0.263 e. The van der Waals surface area contributed by atoms with Crippen LogP contribution in [-0.2, 0) is 24.2 Å². The zero-order chi connectivity index (χ0) is 17.1. The number of rotatable bonds is 4. The second-order valence-corrected chi connectivity index (χ2v) is 8.93. The Balaban J connectivity index is 2.34. The minimum absolute atomic E-state index is 0.148. The molecule has 1 heterocycles. The molecule has 7 nitrogen and oxygen atoms in total. The van der Waals surface area contributed by atoms with Crippen molar-refractivity contribution in [1.29, 1.82) is 5.26 Å². The Labute approximate surface area is 141 Å². The van der Waals surface area contributed by atoms with E-state index in [1.54, 1.807) is 0 Å². The van der Waals surface area contributed by atoms with Gasteiger partial charge in [-0.2, -0.15) is 13.7 Å². The SMILES string of the molecule is N#C/C(=N/OS(=O)(=O)c1ccc(Cl)cc1)S(=O)(=O)c1cccs1. The number of benzene rings is 1. The predicted molar refractivity (Wildman–Crippen MR) is 84.3 cm³/mol. The molecule has 0 aliphatic heterocycles. The standard InChI is InChI=1S/C12H7ClN2O5S3/c13-9-3-5-10(6-4-9)23(18,19)20-15-11(8-14)22(16,17)12-2-1-7-21-12/h1-7H/b15-11-. The molecule has 0 aliphatic carbocycles. The van der Waals surface area contributed by atoms with Crippen LogP contribution in [0.1, 0.15) is 0 Å². The summed E-state index contributed by atoms with van der Waals surface area (Å²) in [5.74, 6) is 0. The van der Waals surface area contributed by atoms with Gasteiger partial charge in [-0.15, -0.1) is 11.3 Å². The summed E-state index contributed by atoms with van der Waals surface area (Å²) in [6.45, 7) is 0. The molecule has 2 aromatic rings. The van der Waals surface area contributed by atoms with E-state index in [1.807, 2.05) is 0 Å². The average Bonchev–Trinajstić information content (AvgIpc) is 3.03. The molecule has 0 N–H and O–H groups in total. The van der Waals surface area contributed by atoms with Gasteiger partial charge in [0.1, 0.15) is 15.2 Å². The van der Waals surface area contributed by atoms with Gasteiger partial charge < -0.3 is 0 Å². The molecule has 2 rings (SSSR count). The van der Waals surface area contributed by atoms with Crippen LogP contribution in [0.25, 0.3) is 0 Å². The first-order chi connectivity index (χ1) is 10.8. The molecular formula is C12H7ClN2O5S3. The van der Waals surface area contributed by atoms with Gasteiger partial charge in [-0.05, 0) is 40.9 Å². The van der Waals surface area contributed by atoms with Gasteiger partial charge in [0.05, 0.1) is 0 Å². The Hall–Kier alpha value is -1.93. The van der Waals surface area contributed by atoms with Crippen LogP contribution in [0.4, 0.5) is 0 Å². The summed E-state index contributed by atoms with van der Waals surface area (Å²) in [4.78, 5) is -0.281. The Morgan fingerprint density at radius 3 is 2.35 bits per heavy atom. The number of sulfone groups is 1. The maximum absolute atomic E-state index is 12.1. The molecule has 0 bridgehead atoms. The largest absolute Gasteiger partial charge is 0.358 e. The van der Waals surface area contributed by atoms with Gasteiger partial charge >= 0.3 is 10.1 Å². The second-order valence-electron chi connectivity index (χ2n) is 3.93.